The largest absolute Gasteiger partial charge is 0.392 e. The molecule has 1 aliphatic carbocycles. The maximum atomic E-state index is 11.3. The molecule has 106 valence electrons. The van der Waals surface area contributed by atoms with E-state index in [0.29, 0.717) is 18.9 Å². The monoisotopic (exact) mass is 286 g/mol. The second kappa shape index (κ2) is 7.67. The van der Waals surface area contributed by atoms with E-state index in [-0.39, 0.29) is 24.0 Å². The van der Waals surface area contributed by atoms with Crippen LogP contribution in [0, 0.1) is 0 Å². The van der Waals surface area contributed by atoms with Crippen molar-refractivity contribution in [1.29, 1.82) is 0 Å². The van der Waals surface area contributed by atoms with E-state index in [2.05, 4.69) is 28.2 Å². The van der Waals surface area contributed by atoms with E-state index in [4.69, 9.17) is 5.73 Å². The Hall–Kier alpha value is -1.70. The average Bonchev–Trinajstić information content (AvgIpc) is 3.15. The smallest absolute Gasteiger partial charge is 0.309 e. The van der Waals surface area contributed by atoms with Crippen LogP contribution in [-0.4, -0.2) is 41.8 Å². The summed E-state index contributed by atoms with van der Waals surface area (Å²) in [6.07, 6.45) is 2.93. The SMILES string of the molecule is NC(=S)CNC(=O)C(=O)NCCCC(=O)NC1CC1. The number of thiocarbonyl (C=S) groups is 1. The molecule has 19 heavy (non-hydrogen) atoms. The molecule has 8 heteroatoms. The van der Waals surface area contributed by atoms with Crippen LogP contribution in [0.15, 0.2) is 0 Å². The molecule has 0 heterocycles. The van der Waals surface area contributed by atoms with Gasteiger partial charge in [0.25, 0.3) is 0 Å². The minimum absolute atomic E-state index is 0.00855. The van der Waals surface area contributed by atoms with Gasteiger partial charge < -0.3 is 21.7 Å². The van der Waals surface area contributed by atoms with Gasteiger partial charge in [0, 0.05) is 19.0 Å². The summed E-state index contributed by atoms with van der Waals surface area (Å²) in [7, 11) is 0. The topological polar surface area (TPSA) is 113 Å². The summed E-state index contributed by atoms with van der Waals surface area (Å²) < 4.78 is 0. The lowest BCUT2D eigenvalue weighted by molar-refractivity contribution is -0.139. The number of nitrogens with two attached hydrogens (primary N) is 1. The lowest BCUT2D eigenvalue weighted by Gasteiger charge is -2.06. The fraction of sp³-hybridized carbons (Fsp3) is 0.636. The molecule has 5 N–H and O–H groups in total. The van der Waals surface area contributed by atoms with Crippen LogP contribution in [-0.2, 0) is 14.4 Å². The van der Waals surface area contributed by atoms with E-state index in [9.17, 15) is 14.4 Å². The van der Waals surface area contributed by atoms with E-state index >= 15 is 0 Å². The quantitative estimate of drug-likeness (QED) is 0.260. The van der Waals surface area contributed by atoms with Crippen molar-refractivity contribution in [2.45, 2.75) is 31.7 Å². The molecule has 1 rings (SSSR count). The highest BCUT2D eigenvalue weighted by Gasteiger charge is 2.22. The highest BCUT2D eigenvalue weighted by atomic mass is 32.1. The van der Waals surface area contributed by atoms with Crippen molar-refractivity contribution in [2.75, 3.05) is 13.1 Å². The third-order valence-corrected chi connectivity index (χ3v) is 2.58. The number of hydrogen-bond donors (Lipinski definition) is 4. The molecule has 0 unspecified atom stereocenters. The Kier molecular flexibility index (Phi) is 6.20. The Morgan fingerprint density at radius 1 is 1.16 bits per heavy atom. The fourth-order valence-electron chi connectivity index (χ4n) is 1.31. The molecular weight excluding hydrogens is 268 g/mol. The highest BCUT2D eigenvalue weighted by molar-refractivity contribution is 7.80. The molecular formula is C11H18N4O3S. The van der Waals surface area contributed by atoms with Gasteiger partial charge in [-0.2, -0.15) is 0 Å². The van der Waals surface area contributed by atoms with Crippen LogP contribution in [0.5, 0.6) is 0 Å². The van der Waals surface area contributed by atoms with Gasteiger partial charge in [-0.25, -0.2) is 0 Å². The predicted molar refractivity (Wildman–Crippen MR) is 73.2 cm³/mol. The van der Waals surface area contributed by atoms with Gasteiger partial charge in [0.1, 0.15) is 0 Å². The van der Waals surface area contributed by atoms with Crippen LogP contribution in [0.25, 0.3) is 0 Å². The summed E-state index contributed by atoms with van der Waals surface area (Å²) in [6, 6.07) is 0.341. The predicted octanol–water partition coefficient (Wildman–Crippen LogP) is -1.44. The number of carbonyl (C=O) groups excluding carboxylic acids is 3. The van der Waals surface area contributed by atoms with Gasteiger partial charge in [-0.05, 0) is 19.3 Å². The number of hydrogen-bond acceptors (Lipinski definition) is 4. The molecule has 0 aliphatic heterocycles. The first-order valence-electron chi connectivity index (χ1n) is 6.12. The summed E-state index contributed by atoms with van der Waals surface area (Å²) in [5.41, 5.74) is 5.18. The zero-order chi connectivity index (χ0) is 14.3. The molecule has 0 spiro atoms. The zero-order valence-electron chi connectivity index (χ0n) is 10.5. The van der Waals surface area contributed by atoms with E-state index < -0.39 is 11.8 Å². The molecule has 0 aromatic heterocycles. The van der Waals surface area contributed by atoms with Gasteiger partial charge in [0.15, 0.2) is 0 Å². The Morgan fingerprint density at radius 3 is 2.37 bits per heavy atom. The summed E-state index contributed by atoms with van der Waals surface area (Å²) in [5, 5.41) is 7.52. The average molecular weight is 286 g/mol. The lowest BCUT2D eigenvalue weighted by atomic mass is 10.3. The number of rotatable bonds is 7. The molecule has 1 fully saturated rings. The van der Waals surface area contributed by atoms with Crippen molar-refractivity contribution in [3.63, 3.8) is 0 Å². The van der Waals surface area contributed by atoms with Crippen LogP contribution in [0.4, 0.5) is 0 Å². The summed E-state index contributed by atoms with van der Waals surface area (Å²) in [5.74, 6) is -1.55. The maximum absolute atomic E-state index is 11.3. The van der Waals surface area contributed by atoms with Gasteiger partial charge >= 0.3 is 11.8 Å². The minimum atomic E-state index is -0.782. The first-order valence-corrected chi connectivity index (χ1v) is 6.53. The Bertz CT molecular complexity index is 382. The van der Waals surface area contributed by atoms with Crippen LogP contribution in [0.2, 0.25) is 0 Å². The fourth-order valence-corrected chi connectivity index (χ4v) is 1.38. The molecule has 0 aromatic carbocycles. The minimum Gasteiger partial charge on any atom is -0.392 e. The van der Waals surface area contributed by atoms with Crippen molar-refractivity contribution in [3.8, 4) is 0 Å². The normalized spacial score (nSPS) is 13.5. The molecule has 0 atom stereocenters. The Morgan fingerprint density at radius 2 is 1.79 bits per heavy atom. The summed E-state index contributed by atoms with van der Waals surface area (Å²) in [4.78, 5) is 33.9. The molecule has 0 aromatic rings. The van der Waals surface area contributed by atoms with Gasteiger partial charge in [-0.1, -0.05) is 12.2 Å². The molecule has 3 amide bonds. The first kappa shape index (κ1) is 15.4. The van der Waals surface area contributed by atoms with Crippen LogP contribution < -0.4 is 21.7 Å². The number of nitrogens with one attached hydrogen (secondary N) is 3. The second-order valence-electron chi connectivity index (χ2n) is 4.35. The molecule has 1 saturated carbocycles. The molecule has 7 nitrogen and oxygen atoms in total. The third-order valence-electron chi connectivity index (χ3n) is 2.44. The van der Waals surface area contributed by atoms with Crippen LogP contribution in [0.3, 0.4) is 0 Å². The standard InChI is InChI=1S/C11H18N4O3S/c12-8(19)6-14-11(18)10(17)13-5-1-2-9(16)15-7-3-4-7/h7H,1-6H2,(H2,12,19)(H,13,17)(H,14,18)(H,15,16). The van der Waals surface area contributed by atoms with Crippen molar-refractivity contribution in [1.82, 2.24) is 16.0 Å². The van der Waals surface area contributed by atoms with Crippen molar-refractivity contribution in [3.05, 3.63) is 0 Å². The number of amides is 3. The first-order chi connectivity index (χ1) is 8.99. The lowest BCUT2D eigenvalue weighted by Crippen LogP contribution is -2.43. The van der Waals surface area contributed by atoms with E-state index in [1.807, 2.05) is 0 Å². The van der Waals surface area contributed by atoms with Crippen LogP contribution >= 0.6 is 12.2 Å². The van der Waals surface area contributed by atoms with E-state index in [1.165, 1.54) is 0 Å². The molecule has 0 saturated heterocycles. The van der Waals surface area contributed by atoms with Gasteiger partial charge in [0.05, 0.1) is 11.5 Å². The van der Waals surface area contributed by atoms with Crippen LogP contribution in [0.1, 0.15) is 25.7 Å². The molecule has 0 radical (unpaired) electrons. The summed E-state index contributed by atoms with van der Waals surface area (Å²) in [6.45, 7) is 0.267. The van der Waals surface area contributed by atoms with Crippen molar-refractivity contribution < 1.29 is 14.4 Å². The van der Waals surface area contributed by atoms with Gasteiger partial charge in [0.2, 0.25) is 5.91 Å². The van der Waals surface area contributed by atoms with Gasteiger partial charge in [-0.3, -0.25) is 14.4 Å². The van der Waals surface area contributed by atoms with Gasteiger partial charge in [-0.15, -0.1) is 0 Å². The van der Waals surface area contributed by atoms with Crippen molar-refractivity contribution in [2.24, 2.45) is 5.73 Å². The Balaban J connectivity index is 2.03. The Labute approximate surface area is 116 Å². The van der Waals surface area contributed by atoms with E-state index in [0.717, 1.165) is 12.8 Å². The third kappa shape index (κ3) is 7.35. The van der Waals surface area contributed by atoms with E-state index in [1.54, 1.807) is 0 Å². The maximum Gasteiger partial charge on any atom is 0.309 e. The molecule has 1 aliphatic rings. The highest BCUT2D eigenvalue weighted by Crippen LogP contribution is 2.18. The summed E-state index contributed by atoms with van der Waals surface area (Å²) >= 11 is 4.56. The second-order valence-corrected chi connectivity index (χ2v) is 4.87. The molecule has 0 bridgehead atoms. The zero-order valence-corrected chi connectivity index (χ0v) is 11.3. The van der Waals surface area contributed by atoms with Crippen molar-refractivity contribution >= 4 is 34.9 Å². The number of carbonyl (C=O) groups is 3.